The normalized spacial score (nSPS) is 12.5. The van der Waals surface area contributed by atoms with Gasteiger partial charge in [0, 0.05) is 19.3 Å². The number of ether oxygens (including phenoxy) is 3. The summed E-state index contributed by atoms with van der Waals surface area (Å²) in [7, 11) is 0. The largest absolute Gasteiger partial charge is 0.462 e. The van der Waals surface area contributed by atoms with E-state index in [2.05, 4.69) is 81.5 Å². The van der Waals surface area contributed by atoms with E-state index in [0.717, 1.165) is 96.3 Å². The van der Waals surface area contributed by atoms with Crippen molar-refractivity contribution in [3.8, 4) is 0 Å². The highest BCUT2D eigenvalue weighted by molar-refractivity contribution is 5.71. The fourth-order valence-electron chi connectivity index (χ4n) is 7.70. The molecule has 0 fully saturated rings. The van der Waals surface area contributed by atoms with Crippen LogP contribution in [0.5, 0.6) is 0 Å². The average molecular weight is 895 g/mol. The topological polar surface area (TPSA) is 78.9 Å². The molecular weight excluding hydrogens is 793 g/mol. The fraction of sp³-hybridized carbons (Fsp3) is 0.776. The zero-order valence-corrected chi connectivity index (χ0v) is 42.3. The second-order valence-corrected chi connectivity index (χ2v) is 18.1. The molecule has 0 aliphatic rings. The Bertz CT molecular complexity index is 1170. The molecule has 0 saturated carbocycles. The molecule has 0 bridgehead atoms. The van der Waals surface area contributed by atoms with E-state index in [4.69, 9.17) is 14.2 Å². The van der Waals surface area contributed by atoms with E-state index in [1.807, 2.05) is 0 Å². The Morgan fingerprint density at radius 3 is 0.953 bits per heavy atom. The van der Waals surface area contributed by atoms with Gasteiger partial charge in [0.25, 0.3) is 0 Å². The molecule has 0 aromatic heterocycles. The number of unbranched alkanes of at least 4 members (excludes halogenated alkanes) is 28. The van der Waals surface area contributed by atoms with Gasteiger partial charge in [-0.25, -0.2) is 0 Å². The molecule has 0 radical (unpaired) electrons. The molecule has 370 valence electrons. The van der Waals surface area contributed by atoms with E-state index in [0.29, 0.717) is 19.3 Å². The van der Waals surface area contributed by atoms with Crippen molar-refractivity contribution in [3.05, 3.63) is 60.8 Å². The molecule has 0 saturated heterocycles. The predicted octanol–water partition coefficient (Wildman–Crippen LogP) is 18.0. The van der Waals surface area contributed by atoms with Gasteiger partial charge in [0.2, 0.25) is 0 Å². The van der Waals surface area contributed by atoms with Crippen LogP contribution in [-0.2, 0) is 28.6 Å². The minimum absolute atomic E-state index is 0.0811. The first-order valence-electron chi connectivity index (χ1n) is 27.3. The molecule has 0 unspecified atom stereocenters. The van der Waals surface area contributed by atoms with Crippen molar-refractivity contribution in [2.45, 2.75) is 277 Å². The van der Waals surface area contributed by atoms with Gasteiger partial charge in [-0.15, -0.1) is 0 Å². The van der Waals surface area contributed by atoms with Crippen LogP contribution in [0.2, 0.25) is 0 Å². The summed E-state index contributed by atoms with van der Waals surface area (Å²) in [6.45, 7) is 6.52. The third-order valence-electron chi connectivity index (χ3n) is 11.8. The molecule has 0 aliphatic carbocycles. The van der Waals surface area contributed by atoms with Crippen LogP contribution in [0, 0.1) is 0 Å². The molecule has 0 N–H and O–H groups in total. The van der Waals surface area contributed by atoms with Crippen molar-refractivity contribution >= 4 is 17.9 Å². The van der Waals surface area contributed by atoms with Gasteiger partial charge in [-0.1, -0.05) is 248 Å². The van der Waals surface area contributed by atoms with E-state index in [-0.39, 0.29) is 31.1 Å². The first kappa shape index (κ1) is 61.1. The summed E-state index contributed by atoms with van der Waals surface area (Å²) in [6.07, 6.45) is 64.9. The second-order valence-electron chi connectivity index (χ2n) is 18.1. The molecule has 1 atom stereocenters. The smallest absolute Gasteiger partial charge is 0.306 e. The van der Waals surface area contributed by atoms with Gasteiger partial charge in [0.1, 0.15) is 13.2 Å². The number of carbonyl (C=O) groups is 3. The lowest BCUT2D eigenvalue weighted by molar-refractivity contribution is -0.167. The van der Waals surface area contributed by atoms with Crippen LogP contribution in [0.1, 0.15) is 271 Å². The van der Waals surface area contributed by atoms with Crippen molar-refractivity contribution in [1.82, 2.24) is 0 Å². The molecule has 0 aliphatic heterocycles. The van der Waals surface area contributed by atoms with Crippen LogP contribution in [0.25, 0.3) is 0 Å². The van der Waals surface area contributed by atoms with Gasteiger partial charge in [-0.2, -0.15) is 0 Å². The van der Waals surface area contributed by atoms with Crippen molar-refractivity contribution in [2.75, 3.05) is 13.2 Å². The Kier molecular flexibility index (Phi) is 50.4. The zero-order valence-electron chi connectivity index (χ0n) is 42.3. The molecule has 0 heterocycles. The molecule has 6 heteroatoms. The van der Waals surface area contributed by atoms with E-state index in [1.54, 1.807) is 0 Å². The maximum atomic E-state index is 12.8. The third kappa shape index (κ3) is 50.1. The number of allylic oxidation sites excluding steroid dienone is 10. The number of hydrogen-bond acceptors (Lipinski definition) is 6. The summed E-state index contributed by atoms with van der Waals surface area (Å²) in [5.41, 5.74) is 0. The Balaban J connectivity index is 4.40. The highest BCUT2D eigenvalue weighted by atomic mass is 16.6. The Morgan fingerprint density at radius 1 is 0.328 bits per heavy atom. The highest BCUT2D eigenvalue weighted by Gasteiger charge is 2.19. The SMILES string of the molecule is CC/C=C\C/C=C\C/C=C\C/C=C\C/C=C\CCCCCC(=O)OC[C@@H](COC(=O)CCCCCCCCCCCCCC)OC(=O)CCCCCCCCCCCCCCCCC. The monoisotopic (exact) mass is 895 g/mol. The van der Waals surface area contributed by atoms with Gasteiger partial charge >= 0.3 is 17.9 Å². The maximum Gasteiger partial charge on any atom is 0.306 e. The summed E-state index contributed by atoms with van der Waals surface area (Å²) < 4.78 is 16.8. The summed E-state index contributed by atoms with van der Waals surface area (Å²) >= 11 is 0. The van der Waals surface area contributed by atoms with Crippen molar-refractivity contribution < 1.29 is 28.6 Å². The fourth-order valence-corrected chi connectivity index (χ4v) is 7.70. The van der Waals surface area contributed by atoms with Crippen LogP contribution in [0.15, 0.2) is 60.8 Å². The summed E-state index contributed by atoms with van der Waals surface area (Å²) in [4.78, 5) is 38.0. The van der Waals surface area contributed by atoms with Crippen LogP contribution >= 0.6 is 0 Å². The second kappa shape index (κ2) is 52.7. The summed E-state index contributed by atoms with van der Waals surface area (Å²) in [5, 5.41) is 0. The third-order valence-corrected chi connectivity index (χ3v) is 11.8. The first-order chi connectivity index (χ1) is 31.5. The number of carbonyl (C=O) groups excluding carboxylic acids is 3. The van der Waals surface area contributed by atoms with E-state index < -0.39 is 6.10 Å². The van der Waals surface area contributed by atoms with Crippen molar-refractivity contribution in [1.29, 1.82) is 0 Å². The van der Waals surface area contributed by atoms with E-state index >= 15 is 0 Å². The maximum absolute atomic E-state index is 12.8. The molecule has 0 aromatic rings. The van der Waals surface area contributed by atoms with Crippen LogP contribution in [0.4, 0.5) is 0 Å². The predicted molar refractivity (Wildman–Crippen MR) is 275 cm³/mol. The average Bonchev–Trinajstić information content (AvgIpc) is 3.29. The van der Waals surface area contributed by atoms with Crippen molar-refractivity contribution in [2.24, 2.45) is 0 Å². The van der Waals surface area contributed by atoms with E-state index in [1.165, 1.54) is 135 Å². The van der Waals surface area contributed by atoms with E-state index in [9.17, 15) is 14.4 Å². The standard InChI is InChI=1S/C58H102O6/c1-4-7-10-13-16-19-22-25-27-28-29-30-32-33-36-39-42-45-48-51-57(60)63-54-55(53-62-56(59)50-47-44-41-38-35-24-21-18-15-12-9-6-3)64-58(61)52-49-46-43-40-37-34-31-26-23-20-17-14-11-8-5-2/h7,10,16,19,25,27,29-30,33,36,55H,4-6,8-9,11-15,17-18,20-24,26,28,31-32,34-35,37-54H2,1-3H3/b10-7-,19-16-,27-25-,30-29-,36-33-/t55-/m1/s1. The molecule has 0 rings (SSSR count). The molecule has 64 heavy (non-hydrogen) atoms. The molecular formula is C58H102O6. The molecule has 0 spiro atoms. The lowest BCUT2D eigenvalue weighted by Crippen LogP contribution is -2.30. The quantitative estimate of drug-likeness (QED) is 0.0262. The Morgan fingerprint density at radius 2 is 0.609 bits per heavy atom. The van der Waals surface area contributed by atoms with Gasteiger partial charge in [-0.3, -0.25) is 14.4 Å². The first-order valence-corrected chi connectivity index (χ1v) is 27.3. The zero-order chi connectivity index (χ0) is 46.5. The molecule has 0 amide bonds. The van der Waals surface area contributed by atoms with Crippen LogP contribution in [0.3, 0.4) is 0 Å². The highest BCUT2D eigenvalue weighted by Crippen LogP contribution is 2.16. The Labute approximate surface area is 396 Å². The minimum atomic E-state index is -0.783. The lowest BCUT2D eigenvalue weighted by Gasteiger charge is -2.18. The molecule has 0 aromatic carbocycles. The molecule has 6 nitrogen and oxygen atoms in total. The van der Waals surface area contributed by atoms with Crippen molar-refractivity contribution in [3.63, 3.8) is 0 Å². The lowest BCUT2D eigenvalue weighted by atomic mass is 10.0. The number of hydrogen-bond donors (Lipinski definition) is 0. The van der Waals surface area contributed by atoms with Gasteiger partial charge in [-0.05, 0) is 64.2 Å². The van der Waals surface area contributed by atoms with Gasteiger partial charge in [0.15, 0.2) is 6.10 Å². The number of esters is 3. The van der Waals surface area contributed by atoms with Gasteiger partial charge in [0.05, 0.1) is 0 Å². The summed E-state index contributed by atoms with van der Waals surface area (Å²) in [5.74, 6) is -0.904. The summed E-state index contributed by atoms with van der Waals surface area (Å²) in [6, 6.07) is 0. The van der Waals surface area contributed by atoms with Crippen LogP contribution in [-0.4, -0.2) is 37.2 Å². The van der Waals surface area contributed by atoms with Crippen LogP contribution < -0.4 is 0 Å². The Hall–Kier alpha value is -2.89. The minimum Gasteiger partial charge on any atom is -0.462 e. The van der Waals surface area contributed by atoms with Gasteiger partial charge < -0.3 is 14.2 Å². The number of rotatable bonds is 49.